The molecule has 1 aromatic heterocycles. The first-order chi connectivity index (χ1) is 11.3. The number of fused-ring (bicyclic) bond motifs is 1. The largest absolute Gasteiger partial charge is 0.372 e. The minimum atomic E-state index is 0.0156. The molecular formula is C16H22N4O3. The van der Waals surface area contributed by atoms with Crippen molar-refractivity contribution in [3.63, 3.8) is 0 Å². The molecule has 23 heavy (non-hydrogen) atoms. The Morgan fingerprint density at radius 3 is 2.87 bits per heavy atom. The molecule has 1 aromatic rings. The molecule has 3 atom stereocenters. The second-order valence-electron chi connectivity index (χ2n) is 6.49. The molecule has 4 heterocycles. The van der Waals surface area contributed by atoms with Crippen molar-refractivity contribution in [2.45, 2.75) is 37.9 Å². The molecular weight excluding hydrogens is 296 g/mol. The van der Waals surface area contributed by atoms with Crippen LogP contribution in [-0.2, 0) is 14.4 Å². The van der Waals surface area contributed by atoms with Crippen molar-refractivity contribution in [3.8, 4) is 0 Å². The van der Waals surface area contributed by atoms with Crippen LogP contribution in [0.25, 0.3) is 0 Å². The van der Waals surface area contributed by atoms with E-state index in [-0.39, 0.29) is 18.1 Å². The summed E-state index contributed by atoms with van der Waals surface area (Å²) in [5.74, 6) is 1.27. The summed E-state index contributed by atoms with van der Waals surface area (Å²) in [5.41, 5.74) is 0. The van der Waals surface area contributed by atoms with Crippen LogP contribution in [0.2, 0.25) is 0 Å². The molecule has 0 radical (unpaired) electrons. The fourth-order valence-corrected chi connectivity index (χ4v) is 3.70. The van der Waals surface area contributed by atoms with Gasteiger partial charge in [-0.1, -0.05) is 0 Å². The lowest BCUT2D eigenvalue weighted by molar-refractivity contribution is -0.199. The highest BCUT2D eigenvalue weighted by Gasteiger charge is 2.43. The lowest BCUT2D eigenvalue weighted by Gasteiger charge is -2.27. The van der Waals surface area contributed by atoms with Crippen LogP contribution in [0.15, 0.2) is 18.5 Å². The predicted octanol–water partition coefficient (Wildman–Crippen LogP) is 1.01. The van der Waals surface area contributed by atoms with Gasteiger partial charge in [-0.15, -0.1) is 0 Å². The normalized spacial score (nSPS) is 30.5. The Labute approximate surface area is 135 Å². The Morgan fingerprint density at radius 1 is 1.26 bits per heavy atom. The predicted molar refractivity (Wildman–Crippen MR) is 82.5 cm³/mol. The molecule has 0 aromatic carbocycles. The van der Waals surface area contributed by atoms with Gasteiger partial charge in [0.15, 0.2) is 0 Å². The average Bonchev–Trinajstić information content (AvgIpc) is 3.15. The van der Waals surface area contributed by atoms with Gasteiger partial charge in [-0.2, -0.15) is 0 Å². The number of aromatic nitrogens is 2. The molecule has 3 fully saturated rings. The topological polar surface area (TPSA) is 67.8 Å². The second-order valence-corrected chi connectivity index (χ2v) is 6.49. The monoisotopic (exact) mass is 318 g/mol. The second kappa shape index (κ2) is 6.41. The van der Waals surface area contributed by atoms with Crippen LogP contribution in [0.4, 0.5) is 5.95 Å². The third-order valence-electron chi connectivity index (χ3n) is 4.83. The minimum absolute atomic E-state index is 0.0156. The standard InChI is InChI=1S/C16H22N4O3/c21-15(20-6-1-2-7-22-20)9-13-8-12-10-19(11-14(12)23-13)16-17-4-3-5-18-16/h3-5,12-14H,1-2,6-11H2/t12-,13+,14+/m1/s1. The van der Waals surface area contributed by atoms with E-state index in [0.717, 1.165) is 38.3 Å². The first-order valence-corrected chi connectivity index (χ1v) is 8.40. The Morgan fingerprint density at radius 2 is 2.13 bits per heavy atom. The number of amides is 1. The van der Waals surface area contributed by atoms with Gasteiger partial charge in [-0.3, -0.25) is 9.63 Å². The van der Waals surface area contributed by atoms with Gasteiger partial charge in [0.1, 0.15) is 0 Å². The molecule has 4 rings (SSSR count). The Kier molecular flexibility index (Phi) is 4.13. The number of hydrogen-bond donors (Lipinski definition) is 0. The van der Waals surface area contributed by atoms with Gasteiger partial charge in [0.25, 0.3) is 0 Å². The van der Waals surface area contributed by atoms with Crippen LogP contribution in [0.1, 0.15) is 25.7 Å². The number of hydrogen-bond acceptors (Lipinski definition) is 6. The first-order valence-electron chi connectivity index (χ1n) is 8.40. The third kappa shape index (κ3) is 3.16. The van der Waals surface area contributed by atoms with E-state index in [1.807, 2.05) is 6.07 Å². The van der Waals surface area contributed by atoms with E-state index < -0.39 is 0 Å². The highest BCUT2D eigenvalue weighted by atomic mass is 16.7. The maximum Gasteiger partial charge on any atom is 0.248 e. The van der Waals surface area contributed by atoms with E-state index in [1.54, 1.807) is 12.4 Å². The highest BCUT2D eigenvalue weighted by Crippen LogP contribution is 2.35. The zero-order valence-electron chi connectivity index (χ0n) is 13.1. The summed E-state index contributed by atoms with van der Waals surface area (Å²) in [6, 6.07) is 1.82. The highest BCUT2D eigenvalue weighted by molar-refractivity contribution is 5.75. The molecule has 0 aliphatic carbocycles. The molecule has 7 nitrogen and oxygen atoms in total. The van der Waals surface area contributed by atoms with Crippen LogP contribution in [-0.4, -0.2) is 59.4 Å². The number of hydroxylamine groups is 2. The van der Waals surface area contributed by atoms with Crippen LogP contribution >= 0.6 is 0 Å². The van der Waals surface area contributed by atoms with Crippen molar-refractivity contribution in [1.29, 1.82) is 0 Å². The molecule has 0 unspecified atom stereocenters. The maximum atomic E-state index is 12.3. The lowest BCUT2D eigenvalue weighted by atomic mass is 10.0. The van der Waals surface area contributed by atoms with Gasteiger partial charge in [-0.05, 0) is 25.3 Å². The Balaban J connectivity index is 1.29. The molecule has 124 valence electrons. The molecule has 3 aliphatic rings. The average molecular weight is 318 g/mol. The van der Waals surface area contributed by atoms with Crippen LogP contribution < -0.4 is 4.90 Å². The summed E-state index contributed by atoms with van der Waals surface area (Å²) in [6.45, 7) is 3.06. The SMILES string of the molecule is O=C(C[C@@H]1C[C@@H]2CN(c3ncccn3)C[C@@H]2O1)N1CCCCO1. The summed E-state index contributed by atoms with van der Waals surface area (Å²) in [7, 11) is 0. The molecule has 0 saturated carbocycles. The third-order valence-corrected chi connectivity index (χ3v) is 4.83. The van der Waals surface area contributed by atoms with Gasteiger partial charge in [0.05, 0.1) is 25.2 Å². The van der Waals surface area contributed by atoms with E-state index in [1.165, 1.54) is 5.06 Å². The van der Waals surface area contributed by atoms with E-state index in [0.29, 0.717) is 25.5 Å². The van der Waals surface area contributed by atoms with Crippen molar-refractivity contribution in [2.24, 2.45) is 5.92 Å². The quantitative estimate of drug-likeness (QED) is 0.829. The number of anilines is 1. The van der Waals surface area contributed by atoms with E-state index in [2.05, 4.69) is 14.9 Å². The van der Waals surface area contributed by atoms with Crippen molar-refractivity contribution in [3.05, 3.63) is 18.5 Å². The number of nitrogens with zero attached hydrogens (tertiary/aromatic N) is 4. The van der Waals surface area contributed by atoms with E-state index in [4.69, 9.17) is 9.57 Å². The molecule has 0 spiro atoms. The molecule has 0 bridgehead atoms. The zero-order chi connectivity index (χ0) is 15.6. The first kappa shape index (κ1) is 14.8. The fraction of sp³-hybridized carbons (Fsp3) is 0.688. The number of carbonyl (C=O) groups excluding carboxylic acids is 1. The van der Waals surface area contributed by atoms with Gasteiger partial charge in [0.2, 0.25) is 11.9 Å². The van der Waals surface area contributed by atoms with Gasteiger partial charge in [-0.25, -0.2) is 15.0 Å². The van der Waals surface area contributed by atoms with Crippen molar-refractivity contribution in [1.82, 2.24) is 15.0 Å². The summed E-state index contributed by atoms with van der Waals surface area (Å²) < 4.78 is 6.10. The van der Waals surface area contributed by atoms with Crippen LogP contribution in [0.5, 0.6) is 0 Å². The summed E-state index contributed by atoms with van der Waals surface area (Å²) in [5, 5.41) is 1.52. The summed E-state index contributed by atoms with van der Waals surface area (Å²) >= 11 is 0. The van der Waals surface area contributed by atoms with Crippen molar-refractivity contribution < 1.29 is 14.4 Å². The lowest BCUT2D eigenvalue weighted by Crippen LogP contribution is -2.37. The minimum Gasteiger partial charge on any atom is -0.372 e. The molecule has 7 heteroatoms. The number of carbonyl (C=O) groups is 1. The molecule has 3 aliphatic heterocycles. The smallest absolute Gasteiger partial charge is 0.248 e. The zero-order valence-corrected chi connectivity index (χ0v) is 13.1. The van der Waals surface area contributed by atoms with Gasteiger partial charge in [0, 0.05) is 37.9 Å². The maximum absolute atomic E-state index is 12.3. The molecule has 3 saturated heterocycles. The Bertz CT molecular complexity index is 536. The fourth-order valence-electron chi connectivity index (χ4n) is 3.70. The van der Waals surface area contributed by atoms with Crippen molar-refractivity contribution >= 4 is 11.9 Å². The van der Waals surface area contributed by atoms with E-state index >= 15 is 0 Å². The van der Waals surface area contributed by atoms with Crippen molar-refractivity contribution in [2.75, 3.05) is 31.1 Å². The Hall–Kier alpha value is -1.73. The van der Waals surface area contributed by atoms with Gasteiger partial charge < -0.3 is 9.64 Å². The van der Waals surface area contributed by atoms with Crippen LogP contribution in [0, 0.1) is 5.92 Å². The van der Waals surface area contributed by atoms with Crippen LogP contribution in [0.3, 0.4) is 0 Å². The van der Waals surface area contributed by atoms with E-state index in [9.17, 15) is 4.79 Å². The summed E-state index contributed by atoms with van der Waals surface area (Å²) in [4.78, 5) is 28.4. The molecule has 0 N–H and O–H groups in total. The number of ether oxygens (including phenoxy) is 1. The number of rotatable bonds is 3. The molecule has 1 amide bonds. The van der Waals surface area contributed by atoms with Gasteiger partial charge >= 0.3 is 0 Å². The summed E-state index contributed by atoms with van der Waals surface area (Å²) in [6.07, 6.45) is 7.12.